The zero-order valence-electron chi connectivity index (χ0n) is 46.9. The zero-order chi connectivity index (χ0) is 52.7. The number of hydrogen-bond donors (Lipinski definition) is 2. The first-order valence-corrected chi connectivity index (χ1v) is 31.7. The summed E-state index contributed by atoms with van der Waals surface area (Å²) in [6, 6.07) is 0. The number of phosphoric ester groups is 1. The topological polar surface area (TPSA) is 155 Å². The molecule has 424 valence electrons. The minimum absolute atomic E-state index is 0.173. The van der Waals surface area contributed by atoms with Gasteiger partial charge in [-0.25, -0.2) is 4.57 Å². The van der Waals surface area contributed by atoms with Crippen LogP contribution in [0.4, 0.5) is 0 Å². The van der Waals surface area contributed by atoms with Crippen LogP contribution in [0.15, 0.2) is 24.3 Å². The first-order valence-electron chi connectivity index (χ1n) is 30.2. The molecule has 0 heterocycles. The molecular weight excluding hydrogens is 928 g/mol. The van der Waals surface area contributed by atoms with Crippen LogP contribution >= 0.6 is 7.82 Å². The Morgan fingerprint density at radius 2 is 0.681 bits per heavy atom. The van der Waals surface area contributed by atoms with Crippen LogP contribution in [0.2, 0.25) is 0 Å². The molecule has 3 atom stereocenters. The minimum Gasteiger partial charge on any atom is -0.462 e. The van der Waals surface area contributed by atoms with E-state index in [2.05, 4.69) is 45.1 Å². The maximum atomic E-state index is 12.9. The molecule has 11 nitrogen and oxygen atoms in total. The minimum atomic E-state index is -4.74. The molecule has 0 aromatic rings. The Kier molecular flexibility index (Phi) is 53.6. The van der Waals surface area contributed by atoms with E-state index >= 15 is 0 Å². The van der Waals surface area contributed by atoms with Crippen LogP contribution in [0.1, 0.15) is 303 Å². The highest BCUT2D eigenvalue weighted by atomic mass is 31.2. The van der Waals surface area contributed by atoms with Crippen molar-refractivity contribution in [3.8, 4) is 0 Å². The van der Waals surface area contributed by atoms with Gasteiger partial charge in [0.25, 0.3) is 0 Å². The number of carbonyl (C=O) groups is 3. The summed E-state index contributed by atoms with van der Waals surface area (Å²) in [5.74, 6) is -1.45. The van der Waals surface area contributed by atoms with Crippen molar-refractivity contribution in [2.24, 2.45) is 0 Å². The average molecular weight is 1040 g/mol. The van der Waals surface area contributed by atoms with Gasteiger partial charge in [0, 0.05) is 19.3 Å². The standard InChI is InChI=1S/C60H113O11P/c1-4-7-10-13-16-19-22-25-27-28-30-32-34-37-40-43-46-49-58(62)67-53-57(71-60(64)51-48-45-42-39-36-33-29-26-23-20-17-14-11-8-5-2)55-69-72(65,66)68-54-56(52-61)70-59(63)50-47-44-41-38-35-31-24-21-18-15-12-9-6-3/h16,19,25,27,56-57,61H,4-15,17-18,20-24,26,28-55H2,1-3H3,(H,65,66)/b19-16-,27-25-. The number of allylic oxidation sites excluding steroid dienone is 4. The van der Waals surface area contributed by atoms with Gasteiger partial charge in [-0.1, -0.05) is 257 Å². The Morgan fingerprint density at radius 3 is 1.06 bits per heavy atom. The number of ether oxygens (including phenoxy) is 3. The normalized spacial score (nSPS) is 13.5. The Bertz CT molecular complexity index is 1310. The van der Waals surface area contributed by atoms with Crippen molar-refractivity contribution < 1.29 is 52.2 Å². The van der Waals surface area contributed by atoms with Crippen LogP contribution in [0.25, 0.3) is 0 Å². The van der Waals surface area contributed by atoms with E-state index in [1.54, 1.807) is 0 Å². The Balaban J connectivity index is 4.68. The fourth-order valence-electron chi connectivity index (χ4n) is 8.74. The molecule has 3 unspecified atom stereocenters. The molecule has 0 aliphatic heterocycles. The molecule has 0 aromatic carbocycles. The van der Waals surface area contributed by atoms with Gasteiger partial charge < -0.3 is 24.2 Å². The van der Waals surface area contributed by atoms with Crippen molar-refractivity contribution in [1.29, 1.82) is 0 Å². The second-order valence-electron chi connectivity index (χ2n) is 20.5. The van der Waals surface area contributed by atoms with Gasteiger partial charge in [-0.3, -0.25) is 23.4 Å². The summed E-state index contributed by atoms with van der Waals surface area (Å²) in [6.45, 7) is 4.67. The van der Waals surface area contributed by atoms with Gasteiger partial charge in [-0.15, -0.1) is 0 Å². The van der Waals surface area contributed by atoms with Gasteiger partial charge in [-0.05, 0) is 51.4 Å². The van der Waals surface area contributed by atoms with Gasteiger partial charge in [0.1, 0.15) is 12.7 Å². The molecule has 0 bridgehead atoms. The third-order valence-corrected chi connectivity index (χ3v) is 14.3. The van der Waals surface area contributed by atoms with Crippen molar-refractivity contribution in [3.63, 3.8) is 0 Å². The Labute approximate surface area is 442 Å². The van der Waals surface area contributed by atoms with Crippen molar-refractivity contribution in [3.05, 3.63) is 24.3 Å². The maximum Gasteiger partial charge on any atom is 0.472 e. The summed E-state index contributed by atoms with van der Waals surface area (Å²) in [4.78, 5) is 48.6. The molecule has 0 aromatic heterocycles. The number of hydrogen-bond acceptors (Lipinski definition) is 10. The molecule has 72 heavy (non-hydrogen) atoms. The quantitative estimate of drug-likeness (QED) is 0.0197. The van der Waals surface area contributed by atoms with Gasteiger partial charge in [0.2, 0.25) is 0 Å². The summed E-state index contributed by atoms with van der Waals surface area (Å²) in [5.41, 5.74) is 0. The Hall–Kier alpha value is -2.04. The molecule has 12 heteroatoms. The first kappa shape index (κ1) is 70.0. The highest BCUT2D eigenvalue weighted by Gasteiger charge is 2.28. The van der Waals surface area contributed by atoms with Crippen molar-refractivity contribution >= 4 is 25.7 Å². The number of rotatable bonds is 57. The second-order valence-corrected chi connectivity index (χ2v) is 22.0. The van der Waals surface area contributed by atoms with E-state index in [9.17, 15) is 28.9 Å². The molecule has 0 saturated carbocycles. The van der Waals surface area contributed by atoms with Gasteiger partial charge in [-0.2, -0.15) is 0 Å². The number of unbranched alkanes of at least 4 members (excludes halogenated alkanes) is 36. The van der Waals surface area contributed by atoms with Crippen LogP contribution in [0.5, 0.6) is 0 Å². The lowest BCUT2D eigenvalue weighted by atomic mass is 10.0. The van der Waals surface area contributed by atoms with Crippen LogP contribution in [-0.4, -0.2) is 66.5 Å². The van der Waals surface area contributed by atoms with Gasteiger partial charge >= 0.3 is 25.7 Å². The second kappa shape index (κ2) is 55.2. The summed E-state index contributed by atoms with van der Waals surface area (Å²) in [5, 5.41) is 9.81. The molecule has 0 spiro atoms. The molecular formula is C60H113O11P. The van der Waals surface area contributed by atoms with E-state index < -0.39 is 57.8 Å². The summed E-state index contributed by atoms with van der Waals surface area (Å²) in [7, 11) is -4.74. The molecule has 0 radical (unpaired) electrons. The molecule has 0 rings (SSSR count). The maximum absolute atomic E-state index is 12.9. The highest BCUT2D eigenvalue weighted by Crippen LogP contribution is 2.43. The fraction of sp³-hybridized carbons (Fsp3) is 0.883. The van der Waals surface area contributed by atoms with Crippen molar-refractivity contribution in [2.75, 3.05) is 26.4 Å². The number of carbonyl (C=O) groups excluding carboxylic acids is 3. The monoisotopic (exact) mass is 1040 g/mol. The zero-order valence-corrected chi connectivity index (χ0v) is 47.8. The SMILES string of the molecule is CCCCC/C=C\C/C=C\CCCCCCCCCC(=O)OCC(COP(=O)(O)OCC(CO)OC(=O)CCCCCCCCCCCCCCC)OC(=O)CCCCCCCCCCCCCCCCC. The van der Waals surface area contributed by atoms with E-state index in [0.717, 1.165) is 70.6 Å². The summed E-state index contributed by atoms with van der Waals surface area (Å²) >= 11 is 0. The smallest absolute Gasteiger partial charge is 0.462 e. The highest BCUT2D eigenvalue weighted by molar-refractivity contribution is 7.47. The lowest BCUT2D eigenvalue weighted by Gasteiger charge is -2.21. The lowest BCUT2D eigenvalue weighted by Crippen LogP contribution is -2.30. The Morgan fingerprint density at radius 1 is 0.389 bits per heavy atom. The van der Waals surface area contributed by atoms with E-state index in [0.29, 0.717) is 19.3 Å². The number of phosphoric acid groups is 1. The van der Waals surface area contributed by atoms with E-state index in [4.69, 9.17) is 23.3 Å². The third-order valence-electron chi connectivity index (χ3n) is 13.4. The lowest BCUT2D eigenvalue weighted by molar-refractivity contribution is -0.161. The van der Waals surface area contributed by atoms with Crippen molar-refractivity contribution in [1.82, 2.24) is 0 Å². The molecule has 0 aliphatic carbocycles. The number of aliphatic hydroxyl groups excluding tert-OH is 1. The summed E-state index contributed by atoms with van der Waals surface area (Å²) < 4.78 is 39.6. The fourth-order valence-corrected chi connectivity index (χ4v) is 9.53. The number of esters is 3. The van der Waals surface area contributed by atoms with Crippen LogP contribution in [0, 0.1) is 0 Å². The van der Waals surface area contributed by atoms with E-state index in [1.165, 1.54) is 173 Å². The van der Waals surface area contributed by atoms with Crippen LogP contribution in [-0.2, 0) is 42.2 Å². The third kappa shape index (κ3) is 52.8. The van der Waals surface area contributed by atoms with Gasteiger partial charge in [0.15, 0.2) is 6.10 Å². The molecule has 0 amide bonds. The molecule has 0 fully saturated rings. The first-order chi connectivity index (χ1) is 35.2. The van der Waals surface area contributed by atoms with E-state index in [1.807, 2.05) is 0 Å². The number of aliphatic hydroxyl groups is 1. The van der Waals surface area contributed by atoms with Crippen LogP contribution < -0.4 is 0 Å². The van der Waals surface area contributed by atoms with Gasteiger partial charge in [0.05, 0.1) is 19.8 Å². The molecule has 0 aliphatic rings. The predicted octanol–water partition coefficient (Wildman–Crippen LogP) is 17.8. The van der Waals surface area contributed by atoms with Crippen LogP contribution in [0.3, 0.4) is 0 Å². The predicted molar refractivity (Wildman–Crippen MR) is 298 cm³/mol. The molecule has 0 saturated heterocycles. The largest absolute Gasteiger partial charge is 0.472 e. The average Bonchev–Trinajstić information content (AvgIpc) is 3.37. The summed E-state index contributed by atoms with van der Waals surface area (Å²) in [6.07, 6.45) is 55.5. The molecule has 2 N–H and O–H groups in total. The van der Waals surface area contributed by atoms with Crippen molar-refractivity contribution in [2.45, 2.75) is 315 Å². The van der Waals surface area contributed by atoms with E-state index in [-0.39, 0.29) is 25.9 Å².